The van der Waals surface area contributed by atoms with E-state index < -0.39 is 11.6 Å². The quantitative estimate of drug-likeness (QED) is 0.422. The van der Waals surface area contributed by atoms with Crippen LogP contribution in [0.1, 0.15) is 0 Å². The normalized spacial score (nSPS) is 9.50. The lowest BCUT2D eigenvalue weighted by molar-refractivity contribution is 0.170. The Balaban J connectivity index is 3.14. The molecule has 54 valence electrons. The van der Waals surface area contributed by atoms with Gasteiger partial charge in [-0.05, 0) is 13.2 Å². The van der Waals surface area contributed by atoms with Gasteiger partial charge in [0.25, 0.3) is 5.75 Å². The second-order valence-electron chi connectivity index (χ2n) is 1.73. The van der Waals surface area contributed by atoms with Crippen LogP contribution in [0.25, 0.3) is 0 Å². The first-order chi connectivity index (χ1) is 4.75. The van der Waals surface area contributed by atoms with E-state index in [-0.39, 0.29) is 5.75 Å². The van der Waals surface area contributed by atoms with E-state index in [1.165, 1.54) is 12.1 Å². The molecule has 3 heteroatoms. The van der Waals surface area contributed by atoms with Gasteiger partial charge < -0.3 is 4.74 Å². The summed E-state index contributed by atoms with van der Waals surface area (Å²) >= 11 is 0. The standard InChI is InChI=1S/C7H6F2O/c1-10-6-4-2-3-5(8)7(6)9/h2-4,10H,1H2. The second kappa shape index (κ2) is 2.64. The highest BCUT2D eigenvalue weighted by molar-refractivity contribution is 5.23. The molecule has 0 radical (unpaired) electrons. The van der Waals surface area contributed by atoms with Gasteiger partial charge in [-0.25, -0.2) is 4.39 Å². The van der Waals surface area contributed by atoms with Crippen LogP contribution >= 0.6 is 0 Å². The predicted octanol–water partition coefficient (Wildman–Crippen LogP) is 2.00. The molecule has 0 aromatic heterocycles. The Morgan fingerprint density at radius 1 is 1.30 bits per heavy atom. The van der Waals surface area contributed by atoms with Crippen molar-refractivity contribution in [3.8, 4) is 5.75 Å². The van der Waals surface area contributed by atoms with Crippen LogP contribution in [0.4, 0.5) is 8.78 Å². The van der Waals surface area contributed by atoms with Crippen molar-refractivity contribution < 1.29 is 13.5 Å². The summed E-state index contributed by atoms with van der Waals surface area (Å²) in [6.45, 7) is 0. The molecule has 0 amide bonds. The molecule has 0 spiro atoms. The van der Waals surface area contributed by atoms with Crippen LogP contribution in [0.5, 0.6) is 5.75 Å². The molecule has 10 heavy (non-hydrogen) atoms. The topological polar surface area (TPSA) is 12.8 Å². The highest BCUT2D eigenvalue weighted by atomic mass is 19.2. The SMILES string of the molecule is [CH2-][OH+]c1cccc(F)c1F. The molecule has 0 bridgehead atoms. The molecule has 0 fully saturated rings. The summed E-state index contributed by atoms with van der Waals surface area (Å²) in [6.07, 6.45) is 0. The van der Waals surface area contributed by atoms with E-state index in [1.807, 2.05) is 0 Å². The Bertz CT molecular complexity index is 235. The fourth-order valence-corrected chi connectivity index (χ4v) is 0.615. The molecule has 1 rings (SSSR count). The van der Waals surface area contributed by atoms with E-state index in [0.717, 1.165) is 6.07 Å². The number of aliphatic hydroxyl groups is 1. The van der Waals surface area contributed by atoms with Crippen LogP contribution < -0.4 is 0 Å². The zero-order chi connectivity index (χ0) is 7.56. The van der Waals surface area contributed by atoms with Crippen molar-refractivity contribution in [3.05, 3.63) is 36.9 Å². The third-order valence-corrected chi connectivity index (χ3v) is 1.10. The van der Waals surface area contributed by atoms with Crippen LogP contribution in [0.2, 0.25) is 0 Å². The van der Waals surface area contributed by atoms with E-state index in [4.69, 9.17) is 0 Å². The molecule has 0 aliphatic heterocycles. The van der Waals surface area contributed by atoms with Crippen molar-refractivity contribution in [2.24, 2.45) is 0 Å². The van der Waals surface area contributed by atoms with Gasteiger partial charge in [-0.2, -0.15) is 4.39 Å². The molecule has 0 heterocycles. The van der Waals surface area contributed by atoms with Gasteiger partial charge in [0.2, 0.25) is 5.82 Å². The zero-order valence-electron chi connectivity index (χ0n) is 5.14. The molecule has 0 saturated heterocycles. The number of benzene rings is 1. The Morgan fingerprint density at radius 3 is 2.50 bits per heavy atom. The van der Waals surface area contributed by atoms with Gasteiger partial charge in [-0.1, -0.05) is 6.07 Å². The molecule has 0 aliphatic rings. The smallest absolute Gasteiger partial charge is 0.265 e. The van der Waals surface area contributed by atoms with Gasteiger partial charge in [0.05, 0.1) is 0 Å². The van der Waals surface area contributed by atoms with Crippen molar-refractivity contribution in [2.45, 2.75) is 0 Å². The first-order valence-corrected chi connectivity index (χ1v) is 2.66. The maximum absolute atomic E-state index is 12.5. The van der Waals surface area contributed by atoms with Crippen molar-refractivity contribution >= 4 is 0 Å². The molecule has 1 nitrogen and oxygen atoms in total. The van der Waals surface area contributed by atoms with Crippen molar-refractivity contribution in [1.29, 1.82) is 0 Å². The Kier molecular flexibility index (Phi) is 1.85. The zero-order valence-corrected chi connectivity index (χ0v) is 5.14. The number of halogens is 2. The molecular formula is C7H6F2O. The molecule has 0 unspecified atom stereocenters. The van der Waals surface area contributed by atoms with E-state index in [9.17, 15) is 8.78 Å². The fourth-order valence-electron chi connectivity index (χ4n) is 0.615. The summed E-state index contributed by atoms with van der Waals surface area (Å²) in [5.41, 5.74) is 0. The third-order valence-electron chi connectivity index (χ3n) is 1.10. The van der Waals surface area contributed by atoms with Crippen LogP contribution in [-0.2, 0) is 0 Å². The average molecular weight is 144 g/mol. The predicted molar refractivity (Wildman–Crippen MR) is 33.4 cm³/mol. The van der Waals surface area contributed by atoms with Crippen molar-refractivity contribution in [1.82, 2.24) is 0 Å². The second-order valence-corrected chi connectivity index (χ2v) is 1.73. The minimum atomic E-state index is -0.947. The highest BCUT2D eigenvalue weighted by Crippen LogP contribution is 2.18. The molecule has 1 aromatic rings. The van der Waals surface area contributed by atoms with E-state index >= 15 is 0 Å². The number of ether oxygens (including phenoxy) is 1. The number of aromatic hydroxyl groups is 1. The molecule has 0 aliphatic carbocycles. The first-order valence-electron chi connectivity index (χ1n) is 2.66. The first kappa shape index (κ1) is 6.99. The summed E-state index contributed by atoms with van der Waals surface area (Å²) in [5, 5.41) is 0. The summed E-state index contributed by atoms with van der Waals surface area (Å²) in [6, 6.07) is 3.76. The fraction of sp³-hybridized carbons (Fsp3) is 0. The van der Waals surface area contributed by atoms with Crippen LogP contribution in [0.15, 0.2) is 18.2 Å². The Morgan fingerprint density at radius 2 is 2.00 bits per heavy atom. The molecule has 1 N–H and O–H groups in total. The maximum atomic E-state index is 12.5. The van der Waals surface area contributed by atoms with Gasteiger partial charge in [-0.3, -0.25) is 0 Å². The lowest BCUT2D eigenvalue weighted by Gasteiger charge is -2.02. The van der Waals surface area contributed by atoms with Crippen LogP contribution in [-0.4, -0.2) is 4.74 Å². The minimum absolute atomic E-state index is 0.0556. The minimum Gasteiger partial charge on any atom is -0.720 e. The van der Waals surface area contributed by atoms with E-state index in [1.54, 1.807) is 0 Å². The number of hydrogen-bond donors (Lipinski definition) is 0. The maximum Gasteiger partial charge on any atom is 0.265 e. The summed E-state index contributed by atoms with van der Waals surface area (Å²) in [4.78, 5) is 0. The Labute approximate surface area is 57.2 Å². The highest BCUT2D eigenvalue weighted by Gasteiger charge is 2.08. The third kappa shape index (κ3) is 1.07. The molecular weight excluding hydrogens is 138 g/mol. The van der Waals surface area contributed by atoms with E-state index in [2.05, 4.69) is 11.8 Å². The summed E-state index contributed by atoms with van der Waals surface area (Å²) in [7, 11) is 3.08. The van der Waals surface area contributed by atoms with Gasteiger partial charge in [-0.15, -0.1) is 0 Å². The lowest BCUT2D eigenvalue weighted by atomic mass is 10.3. The largest absolute Gasteiger partial charge is 0.720 e. The number of rotatable bonds is 1. The molecule has 0 atom stereocenters. The molecule has 0 saturated carbocycles. The van der Waals surface area contributed by atoms with Gasteiger partial charge in [0, 0.05) is 6.07 Å². The summed E-state index contributed by atoms with van der Waals surface area (Å²) in [5.74, 6) is -1.90. The van der Waals surface area contributed by atoms with Crippen LogP contribution in [0.3, 0.4) is 0 Å². The number of hydrogen-bond acceptors (Lipinski definition) is 0. The van der Waals surface area contributed by atoms with Crippen LogP contribution in [0, 0.1) is 18.7 Å². The Hall–Kier alpha value is -1.12. The summed E-state index contributed by atoms with van der Waals surface area (Å²) < 4.78 is 28.1. The average Bonchev–Trinajstić information content (AvgIpc) is 1.95. The van der Waals surface area contributed by atoms with Crippen molar-refractivity contribution in [3.63, 3.8) is 0 Å². The van der Waals surface area contributed by atoms with Gasteiger partial charge >= 0.3 is 0 Å². The molecule has 1 aromatic carbocycles. The van der Waals surface area contributed by atoms with Crippen molar-refractivity contribution in [2.75, 3.05) is 0 Å². The monoisotopic (exact) mass is 144 g/mol. The van der Waals surface area contributed by atoms with E-state index in [0.29, 0.717) is 0 Å². The van der Waals surface area contributed by atoms with Gasteiger partial charge in [0.1, 0.15) is 0 Å². The van der Waals surface area contributed by atoms with Gasteiger partial charge in [0.15, 0.2) is 5.82 Å². The lowest BCUT2D eigenvalue weighted by Crippen LogP contribution is -1.86.